The van der Waals surface area contributed by atoms with E-state index in [1.54, 1.807) is 43.4 Å². The molecule has 0 amide bonds. The Morgan fingerprint density at radius 1 is 1.27 bits per heavy atom. The van der Waals surface area contributed by atoms with Crippen molar-refractivity contribution < 1.29 is 22.4 Å². The maximum atomic E-state index is 14.1. The van der Waals surface area contributed by atoms with E-state index < -0.39 is 23.4 Å². The zero-order valence-corrected chi connectivity index (χ0v) is 19.7. The van der Waals surface area contributed by atoms with E-state index in [1.807, 2.05) is 32.1 Å². The fourth-order valence-corrected chi connectivity index (χ4v) is 3.59. The minimum Gasteiger partial charge on any atom is -0.327 e. The maximum absolute atomic E-state index is 14.1. The van der Waals surface area contributed by atoms with Gasteiger partial charge < -0.3 is 10.5 Å². The summed E-state index contributed by atoms with van der Waals surface area (Å²) in [5.74, 6) is -0.334. The molecule has 0 fully saturated rings. The summed E-state index contributed by atoms with van der Waals surface area (Å²) in [5, 5.41) is 0. The van der Waals surface area contributed by atoms with Crippen LogP contribution in [-0.4, -0.2) is 19.0 Å². The first-order chi connectivity index (χ1) is 15.4. The zero-order chi connectivity index (χ0) is 25.0. The summed E-state index contributed by atoms with van der Waals surface area (Å²) in [5.41, 5.74) is 5.87. The molecule has 182 valence electrons. The van der Waals surface area contributed by atoms with Gasteiger partial charge in [-0.2, -0.15) is 13.2 Å². The molecular weight excluding hydrogens is 430 g/mol. The second-order valence-electron chi connectivity index (χ2n) is 9.01. The lowest BCUT2D eigenvalue weighted by Crippen LogP contribution is -2.25. The molecule has 0 saturated heterocycles. The van der Waals surface area contributed by atoms with Crippen LogP contribution in [0, 0.1) is 10.8 Å². The molecule has 0 aromatic heterocycles. The van der Waals surface area contributed by atoms with Gasteiger partial charge in [0.25, 0.3) is 0 Å². The SMILES string of the molecule is C\C(=C/C(=C\C=C\C(C)(C=O)CC1(C)C=CC/C=C\C(F)=C/1)/C=C/CCCC(F)(F)F)CN. The lowest BCUT2D eigenvalue weighted by molar-refractivity contribution is -0.135. The van der Waals surface area contributed by atoms with E-state index in [4.69, 9.17) is 5.73 Å². The smallest absolute Gasteiger partial charge is 0.327 e. The van der Waals surface area contributed by atoms with Gasteiger partial charge in [-0.1, -0.05) is 67.2 Å². The van der Waals surface area contributed by atoms with Crippen molar-refractivity contribution in [3.63, 3.8) is 0 Å². The van der Waals surface area contributed by atoms with Gasteiger partial charge >= 0.3 is 6.18 Å². The summed E-state index contributed by atoms with van der Waals surface area (Å²) in [6, 6.07) is 0. The van der Waals surface area contributed by atoms with Gasteiger partial charge in [-0.05, 0) is 57.3 Å². The molecule has 2 atom stereocenters. The lowest BCUT2D eigenvalue weighted by atomic mass is 9.72. The Bertz CT molecular complexity index is 858. The van der Waals surface area contributed by atoms with Crippen molar-refractivity contribution in [1.82, 2.24) is 0 Å². The largest absolute Gasteiger partial charge is 0.389 e. The molecule has 33 heavy (non-hydrogen) atoms. The third-order valence-electron chi connectivity index (χ3n) is 5.19. The summed E-state index contributed by atoms with van der Waals surface area (Å²) in [7, 11) is 0. The van der Waals surface area contributed by atoms with Crippen LogP contribution in [0.3, 0.4) is 0 Å². The fourth-order valence-electron chi connectivity index (χ4n) is 3.59. The number of hydrogen-bond acceptors (Lipinski definition) is 2. The number of halogens is 4. The Hall–Kier alpha value is -2.47. The van der Waals surface area contributed by atoms with Crippen LogP contribution in [0.1, 0.15) is 52.9 Å². The number of nitrogens with two attached hydrogens (primary N) is 1. The Morgan fingerprint density at radius 2 is 2.00 bits per heavy atom. The molecule has 1 rings (SSSR count). The number of carbonyl (C=O) groups excluding carboxylic acids is 1. The molecule has 0 spiro atoms. The van der Waals surface area contributed by atoms with Crippen molar-refractivity contribution in [2.45, 2.75) is 59.1 Å². The Kier molecular flexibility index (Phi) is 11.5. The van der Waals surface area contributed by atoms with Crippen LogP contribution in [0.25, 0.3) is 0 Å². The van der Waals surface area contributed by atoms with Gasteiger partial charge in [0.1, 0.15) is 12.1 Å². The lowest BCUT2D eigenvalue weighted by Gasteiger charge is -2.31. The molecule has 0 radical (unpaired) electrons. The molecule has 0 heterocycles. The third kappa shape index (κ3) is 12.4. The van der Waals surface area contributed by atoms with Crippen LogP contribution < -0.4 is 5.73 Å². The minimum absolute atomic E-state index is 0.0251. The summed E-state index contributed by atoms with van der Waals surface area (Å²) >= 11 is 0. The summed E-state index contributed by atoms with van der Waals surface area (Å²) in [6.45, 7) is 5.89. The van der Waals surface area contributed by atoms with Crippen LogP contribution >= 0.6 is 0 Å². The first-order valence-electron chi connectivity index (χ1n) is 11.1. The second-order valence-corrected chi connectivity index (χ2v) is 9.01. The first kappa shape index (κ1) is 28.6. The van der Waals surface area contributed by atoms with E-state index in [9.17, 15) is 22.4 Å². The number of unbranched alkanes of at least 4 members (excludes halogenated alkanes) is 1. The topological polar surface area (TPSA) is 43.1 Å². The molecule has 0 aromatic carbocycles. The van der Waals surface area contributed by atoms with Crippen molar-refractivity contribution in [3.8, 4) is 0 Å². The normalized spacial score (nSPS) is 24.9. The number of carbonyl (C=O) groups is 1. The van der Waals surface area contributed by atoms with Gasteiger partial charge in [0.05, 0.1) is 0 Å². The molecule has 0 aliphatic heterocycles. The van der Waals surface area contributed by atoms with E-state index in [2.05, 4.69) is 0 Å². The molecule has 1 aliphatic rings. The van der Waals surface area contributed by atoms with E-state index in [0.717, 1.165) is 17.4 Å². The third-order valence-corrected chi connectivity index (χ3v) is 5.19. The van der Waals surface area contributed by atoms with Crippen molar-refractivity contribution >= 4 is 6.29 Å². The minimum atomic E-state index is -4.15. The highest BCUT2D eigenvalue weighted by molar-refractivity contribution is 5.62. The fraction of sp³-hybridized carbons (Fsp3) is 0.444. The molecule has 0 aromatic rings. The van der Waals surface area contributed by atoms with Crippen molar-refractivity contribution in [2.24, 2.45) is 16.6 Å². The molecule has 1 aliphatic carbocycles. The molecule has 0 bridgehead atoms. The monoisotopic (exact) mass is 465 g/mol. The van der Waals surface area contributed by atoms with Crippen molar-refractivity contribution in [1.29, 1.82) is 0 Å². The number of rotatable bonds is 11. The Morgan fingerprint density at radius 3 is 2.64 bits per heavy atom. The van der Waals surface area contributed by atoms with Crippen molar-refractivity contribution in [2.75, 3.05) is 6.54 Å². The highest BCUT2D eigenvalue weighted by atomic mass is 19.4. The second kappa shape index (κ2) is 13.3. The van der Waals surface area contributed by atoms with Crippen LogP contribution in [0.5, 0.6) is 0 Å². The van der Waals surface area contributed by atoms with E-state index in [1.165, 1.54) is 12.2 Å². The molecular formula is C27H35F4NO. The van der Waals surface area contributed by atoms with E-state index in [0.29, 0.717) is 25.8 Å². The maximum Gasteiger partial charge on any atom is 0.389 e. The summed E-state index contributed by atoms with van der Waals surface area (Å²) in [6.07, 6.45) is 16.4. The average Bonchev–Trinajstić information content (AvgIpc) is 2.70. The van der Waals surface area contributed by atoms with Crippen LogP contribution in [-0.2, 0) is 4.79 Å². The Balaban J connectivity index is 3.02. The van der Waals surface area contributed by atoms with Gasteiger partial charge in [0, 0.05) is 23.8 Å². The highest BCUT2D eigenvalue weighted by Crippen LogP contribution is 2.38. The molecule has 2 unspecified atom stereocenters. The van der Waals surface area contributed by atoms with Crippen LogP contribution in [0.2, 0.25) is 0 Å². The predicted octanol–water partition coefficient (Wildman–Crippen LogP) is 7.63. The summed E-state index contributed by atoms with van der Waals surface area (Å²) in [4.78, 5) is 11.9. The van der Waals surface area contributed by atoms with Gasteiger partial charge in [-0.15, -0.1) is 0 Å². The Labute approximate surface area is 195 Å². The standard InChI is InChI=1S/C27H35F4NO/c1-22(19-32)17-23(11-6-4-9-16-27(29,30)31)12-10-15-26(3,21-33)20-25(2)14-8-5-7-13-24(28)18-25/h6-8,10-15,17-18,21H,4-5,9,16,19-20,32H2,1-3H3/b11-6+,13-7-,14-8?,15-10+,22-17+,23-12-,24-18+. The van der Waals surface area contributed by atoms with Crippen LogP contribution in [0.15, 0.2) is 83.8 Å². The number of hydrogen-bond donors (Lipinski definition) is 1. The zero-order valence-electron chi connectivity index (χ0n) is 19.7. The predicted molar refractivity (Wildman–Crippen MR) is 128 cm³/mol. The number of aldehydes is 1. The van der Waals surface area contributed by atoms with Gasteiger partial charge in [-0.25, -0.2) is 4.39 Å². The van der Waals surface area contributed by atoms with E-state index in [-0.39, 0.29) is 12.2 Å². The van der Waals surface area contributed by atoms with Crippen molar-refractivity contribution in [3.05, 3.63) is 83.8 Å². The quantitative estimate of drug-likeness (QED) is 0.112. The van der Waals surface area contributed by atoms with E-state index >= 15 is 0 Å². The summed E-state index contributed by atoms with van der Waals surface area (Å²) < 4.78 is 51.0. The molecule has 6 heteroatoms. The van der Waals surface area contributed by atoms with Crippen LogP contribution in [0.4, 0.5) is 17.6 Å². The van der Waals surface area contributed by atoms with Gasteiger partial charge in [-0.3, -0.25) is 0 Å². The number of allylic oxidation sites excluding steroid dienone is 13. The average molecular weight is 466 g/mol. The highest BCUT2D eigenvalue weighted by Gasteiger charge is 2.31. The van der Waals surface area contributed by atoms with Gasteiger partial charge in [0.2, 0.25) is 0 Å². The first-order valence-corrected chi connectivity index (χ1v) is 11.1. The van der Waals surface area contributed by atoms with Gasteiger partial charge in [0.15, 0.2) is 0 Å². The molecule has 2 nitrogen and oxygen atoms in total. The molecule has 2 N–H and O–H groups in total. The number of alkyl halides is 3. The molecule has 0 saturated carbocycles.